The lowest BCUT2D eigenvalue weighted by Gasteiger charge is -2.36. The number of imidazole rings is 1. The van der Waals surface area contributed by atoms with Gasteiger partial charge in [0.1, 0.15) is 11.6 Å². The summed E-state index contributed by atoms with van der Waals surface area (Å²) in [7, 11) is 0. The monoisotopic (exact) mass is 555 g/mol. The first-order chi connectivity index (χ1) is 18.7. The van der Waals surface area contributed by atoms with Crippen LogP contribution in [0.15, 0.2) is 36.5 Å². The smallest absolute Gasteiger partial charge is 0.412 e. The third-order valence-corrected chi connectivity index (χ3v) is 7.81. The van der Waals surface area contributed by atoms with E-state index in [-0.39, 0.29) is 54.0 Å². The molecular formula is C27H24ClF2N5O4. The van der Waals surface area contributed by atoms with Crippen molar-refractivity contribution in [3.8, 4) is 11.3 Å². The molecule has 1 fully saturated rings. The van der Waals surface area contributed by atoms with Crippen molar-refractivity contribution >= 4 is 40.9 Å². The molecule has 0 radical (unpaired) electrons. The molecule has 3 aliphatic heterocycles. The quantitative estimate of drug-likeness (QED) is 0.377. The van der Waals surface area contributed by atoms with Crippen LogP contribution in [0, 0.1) is 11.6 Å². The van der Waals surface area contributed by atoms with Gasteiger partial charge in [-0.25, -0.2) is 18.6 Å². The minimum Gasteiger partial charge on any atom is -0.436 e. The number of nitrogens with one attached hydrogen (secondary N) is 3. The Morgan fingerprint density at radius 2 is 1.97 bits per heavy atom. The van der Waals surface area contributed by atoms with Gasteiger partial charge in [0.25, 0.3) is 0 Å². The van der Waals surface area contributed by atoms with Crippen molar-refractivity contribution in [3.05, 3.63) is 64.6 Å². The molecule has 3 aliphatic rings. The summed E-state index contributed by atoms with van der Waals surface area (Å²) in [6.45, 7) is 0.185. The molecular weight excluding hydrogens is 532 g/mol. The number of anilines is 2. The fourth-order valence-electron chi connectivity index (χ4n) is 5.66. The summed E-state index contributed by atoms with van der Waals surface area (Å²) in [5.74, 6) is -1.96. The molecule has 39 heavy (non-hydrogen) atoms. The number of fused-ring (bicyclic) bond motifs is 6. The number of rotatable bonds is 1. The van der Waals surface area contributed by atoms with Crippen LogP contribution in [0.4, 0.5) is 25.0 Å². The van der Waals surface area contributed by atoms with E-state index in [0.29, 0.717) is 42.0 Å². The highest BCUT2D eigenvalue weighted by Gasteiger charge is 2.51. The van der Waals surface area contributed by atoms with Crippen LogP contribution in [-0.2, 0) is 19.9 Å². The van der Waals surface area contributed by atoms with E-state index in [4.69, 9.17) is 16.3 Å². The van der Waals surface area contributed by atoms with Gasteiger partial charge in [0.05, 0.1) is 40.1 Å². The van der Waals surface area contributed by atoms with E-state index in [1.807, 2.05) is 0 Å². The molecule has 3 amide bonds. The number of H-pyrrole nitrogens is 1. The highest BCUT2D eigenvalue weighted by molar-refractivity contribution is 6.31. The third kappa shape index (κ3) is 4.50. The van der Waals surface area contributed by atoms with Crippen LogP contribution in [0.5, 0.6) is 0 Å². The molecule has 3 N–H and O–H groups in total. The number of amides is 3. The van der Waals surface area contributed by atoms with Gasteiger partial charge in [-0.1, -0.05) is 18.0 Å². The standard InChI is InChI=1S/C27H24ClF2N5O4/c28-17-7-8-18-22(23(17)30)27(39-26(38)34-18)9-10-35(13-27)25(37)16-3-1-2-4-21(36)32-19-11-14(29)5-6-15(19)20-12-31-24(16)33-20/h5-8,11-12,16H,1-4,9-10,13H2,(H,31,33)(H,32,36)(H,34,38)/t16-,27+/m1/s1. The maximum absolute atomic E-state index is 15.2. The molecule has 4 heterocycles. The van der Waals surface area contributed by atoms with Crippen LogP contribution in [0.1, 0.15) is 49.4 Å². The SMILES string of the molecule is O=C1CCCC[C@@H](C(=O)N2CC[C@@]3(C2)OC(=O)Nc2ccc(Cl)c(F)c23)c2nc(c[nH]2)-c2ccc(F)cc2N1. The number of ether oxygens (including phenoxy) is 1. The van der Waals surface area contributed by atoms with Gasteiger partial charge in [0, 0.05) is 31.1 Å². The highest BCUT2D eigenvalue weighted by atomic mass is 35.5. The number of aromatic nitrogens is 2. The zero-order valence-corrected chi connectivity index (χ0v) is 21.4. The Kier molecular flexibility index (Phi) is 6.25. The molecule has 3 aromatic rings. The van der Waals surface area contributed by atoms with Crippen LogP contribution in [-0.4, -0.2) is 45.9 Å². The van der Waals surface area contributed by atoms with Gasteiger partial charge in [0.15, 0.2) is 11.4 Å². The number of hydrogen-bond donors (Lipinski definition) is 3. The van der Waals surface area contributed by atoms with Crippen LogP contribution in [0.2, 0.25) is 5.02 Å². The first kappa shape index (κ1) is 25.3. The number of halogens is 3. The number of carbonyl (C=O) groups excluding carboxylic acids is 3. The summed E-state index contributed by atoms with van der Waals surface area (Å²) in [6, 6.07) is 6.92. The average molecular weight is 556 g/mol. The van der Waals surface area contributed by atoms with Crippen molar-refractivity contribution in [2.45, 2.75) is 43.6 Å². The van der Waals surface area contributed by atoms with Crippen molar-refractivity contribution in [3.63, 3.8) is 0 Å². The van der Waals surface area contributed by atoms with E-state index in [0.717, 1.165) is 0 Å². The largest absolute Gasteiger partial charge is 0.436 e. The minimum absolute atomic E-state index is 0.0436. The molecule has 1 aromatic heterocycles. The van der Waals surface area contributed by atoms with E-state index in [1.165, 1.54) is 30.3 Å². The molecule has 2 aromatic carbocycles. The van der Waals surface area contributed by atoms with Crippen LogP contribution in [0.25, 0.3) is 11.3 Å². The Morgan fingerprint density at radius 1 is 1.13 bits per heavy atom. The number of likely N-dealkylation sites (tertiary alicyclic amines) is 1. The summed E-state index contributed by atoms with van der Waals surface area (Å²) >= 11 is 6.05. The predicted molar refractivity (Wildman–Crippen MR) is 138 cm³/mol. The predicted octanol–water partition coefficient (Wildman–Crippen LogP) is 5.29. The second-order valence-corrected chi connectivity index (χ2v) is 10.4. The molecule has 0 aliphatic carbocycles. The van der Waals surface area contributed by atoms with E-state index < -0.39 is 29.2 Å². The first-order valence-electron chi connectivity index (χ1n) is 12.7. The van der Waals surface area contributed by atoms with Gasteiger partial charge >= 0.3 is 6.09 Å². The molecule has 1 spiro atoms. The van der Waals surface area contributed by atoms with Gasteiger partial charge in [-0.3, -0.25) is 14.9 Å². The first-order valence-corrected chi connectivity index (χ1v) is 13.0. The fourth-order valence-corrected chi connectivity index (χ4v) is 5.82. The van der Waals surface area contributed by atoms with Crippen LogP contribution < -0.4 is 10.6 Å². The lowest BCUT2D eigenvalue weighted by Crippen LogP contribution is -2.44. The van der Waals surface area contributed by atoms with Crippen molar-refractivity contribution < 1.29 is 27.9 Å². The molecule has 2 atom stereocenters. The lowest BCUT2D eigenvalue weighted by atomic mass is 9.89. The summed E-state index contributed by atoms with van der Waals surface area (Å²) in [4.78, 5) is 48.0. The van der Waals surface area contributed by atoms with Crippen molar-refractivity contribution in [2.24, 2.45) is 0 Å². The Balaban J connectivity index is 1.32. The van der Waals surface area contributed by atoms with Gasteiger partial charge in [-0.05, 0) is 43.2 Å². The number of benzene rings is 2. The average Bonchev–Trinajstić information content (AvgIpc) is 3.53. The molecule has 0 saturated carbocycles. The van der Waals surface area contributed by atoms with Crippen LogP contribution >= 0.6 is 11.6 Å². The normalized spacial score (nSPS) is 22.6. The minimum atomic E-state index is -1.37. The second-order valence-electron chi connectivity index (χ2n) is 10.0. The van der Waals surface area contributed by atoms with Gasteiger partial charge < -0.3 is 19.9 Å². The number of aromatic amines is 1. The molecule has 1 saturated heterocycles. The van der Waals surface area contributed by atoms with Crippen molar-refractivity contribution in [1.29, 1.82) is 0 Å². The maximum Gasteiger partial charge on any atom is 0.412 e. The molecule has 202 valence electrons. The molecule has 2 bridgehead atoms. The molecule has 6 rings (SSSR count). The Hall–Kier alpha value is -3.99. The zero-order valence-electron chi connectivity index (χ0n) is 20.7. The molecule has 9 nitrogen and oxygen atoms in total. The Labute approximate surface area is 226 Å². The van der Waals surface area contributed by atoms with Crippen LogP contribution in [0.3, 0.4) is 0 Å². The fraction of sp³-hybridized carbons (Fsp3) is 0.333. The third-order valence-electron chi connectivity index (χ3n) is 7.52. The summed E-state index contributed by atoms with van der Waals surface area (Å²) in [6.07, 6.45) is 2.78. The van der Waals surface area contributed by atoms with E-state index in [9.17, 15) is 18.8 Å². The van der Waals surface area contributed by atoms with Crippen molar-refractivity contribution in [2.75, 3.05) is 23.7 Å². The summed E-state index contributed by atoms with van der Waals surface area (Å²) in [5.41, 5.74) is 0.286. The van der Waals surface area contributed by atoms with E-state index in [1.54, 1.807) is 11.1 Å². The van der Waals surface area contributed by atoms with E-state index >= 15 is 4.39 Å². The maximum atomic E-state index is 15.2. The zero-order chi connectivity index (χ0) is 27.3. The number of nitrogens with zero attached hydrogens (tertiary/aromatic N) is 2. The summed E-state index contributed by atoms with van der Waals surface area (Å²) in [5, 5.41) is 5.16. The topological polar surface area (TPSA) is 116 Å². The molecule has 12 heteroatoms. The Bertz CT molecular complexity index is 1510. The number of hydrogen-bond acceptors (Lipinski definition) is 5. The highest BCUT2D eigenvalue weighted by Crippen LogP contribution is 2.46. The number of carbonyl (C=O) groups is 3. The van der Waals surface area contributed by atoms with Gasteiger partial charge in [-0.15, -0.1) is 0 Å². The summed E-state index contributed by atoms with van der Waals surface area (Å²) < 4.78 is 34.8. The van der Waals surface area contributed by atoms with Gasteiger partial charge in [0.2, 0.25) is 11.8 Å². The van der Waals surface area contributed by atoms with E-state index in [2.05, 4.69) is 20.6 Å². The van der Waals surface area contributed by atoms with Crippen molar-refractivity contribution in [1.82, 2.24) is 14.9 Å². The lowest BCUT2D eigenvalue weighted by molar-refractivity contribution is -0.133. The Morgan fingerprint density at radius 3 is 2.82 bits per heavy atom. The van der Waals surface area contributed by atoms with Gasteiger partial charge in [-0.2, -0.15) is 0 Å². The second kappa shape index (κ2) is 9.64. The molecule has 0 unspecified atom stereocenters.